The lowest BCUT2D eigenvalue weighted by Crippen LogP contribution is -2.32. The van der Waals surface area contributed by atoms with Crippen molar-refractivity contribution < 1.29 is 14.3 Å². The lowest BCUT2D eigenvalue weighted by molar-refractivity contribution is -0.124. The molecule has 0 saturated heterocycles. The molecule has 0 aromatic carbocycles. The van der Waals surface area contributed by atoms with Crippen LogP contribution in [0.5, 0.6) is 0 Å². The summed E-state index contributed by atoms with van der Waals surface area (Å²) in [6, 6.07) is 0. The predicted octanol–water partition coefficient (Wildman–Crippen LogP) is 1.92. The Kier molecular flexibility index (Phi) is 1.98. The zero-order valence-corrected chi connectivity index (χ0v) is 8.75. The summed E-state index contributed by atoms with van der Waals surface area (Å²) in [5, 5.41) is 9.78. The van der Waals surface area contributed by atoms with Crippen LogP contribution in [-0.4, -0.2) is 17.0 Å². The number of fused-ring (bicyclic) bond motifs is 1. The number of carbonyl (C=O) groups is 1. The van der Waals surface area contributed by atoms with Crippen LogP contribution in [0.25, 0.3) is 0 Å². The lowest BCUT2D eigenvalue weighted by atomic mass is 9.74. The van der Waals surface area contributed by atoms with E-state index in [2.05, 4.69) is 6.58 Å². The van der Waals surface area contributed by atoms with E-state index in [9.17, 15) is 14.3 Å². The van der Waals surface area contributed by atoms with Crippen molar-refractivity contribution >= 4 is 5.78 Å². The number of aliphatic hydroxyl groups is 1. The second-order valence-electron chi connectivity index (χ2n) is 4.72. The molecule has 0 heterocycles. The first-order valence-electron chi connectivity index (χ1n) is 4.85. The van der Waals surface area contributed by atoms with Crippen molar-refractivity contribution in [3.05, 3.63) is 35.7 Å². The molecule has 2 unspecified atom stereocenters. The van der Waals surface area contributed by atoms with Crippen molar-refractivity contribution in [3.63, 3.8) is 0 Å². The highest BCUT2D eigenvalue weighted by atomic mass is 19.1. The van der Waals surface area contributed by atoms with Crippen LogP contribution in [0.4, 0.5) is 4.39 Å². The molecule has 2 nitrogen and oxygen atoms in total. The molecular formula is C12H13FO2. The van der Waals surface area contributed by atoms with Crippen molar-refractivity contribution in [2.45, 2.75) is 20.0 Å². The largest absolute Gasteiger partial charge is 0.384 e. The minimum atomic E-state index is -1.06. The van der Waals surface area contributed by atoms with E-state index in [1.54, 1.807) is 13.8 Å². The minimum absolute atomic E-state index is 0.264. The molecule has 2 aliphatic rings. The van der Waals surface area contributed by atoms with Gasteiger partial charge in [0.1, 0.15) is 11.9 Å². The fourth-order valence-corrected chi connectivity index (χ4v) is 2.48. The van der Waals surface area contributed by atoms with Crippen molar-refractivity contribution in [3.8, 4) is 0 Å². The molecular weight excluding hydrogens is 195 g/mol. The monoisotopic (exact) mass is 208 g/mol. The highest BCUT2D eigenvalue weighted by Gasteiger charge is 2.52. The summed E-state index contributed by atoms with van der Waals surface area (Å²) in [6.45, 7) is 7.34. The molecule has 0 aromatic heterocycles. The quantitative estimate of drug-likeness (QED) is 0.660. The molecule has 2 aliphatic carbocycles. The Balaban J connectivity index is 2.57. The number of halogens is 1. The molecule has 2 rings (SSSR count). The molecule has 1 fully saturated rings. The second kappa shape index (κ2) is 2.89. The molecule has 2 atom stereocenters. The average Bonchev–Trinajstić information content (AvgIpc) is 2.27. The van der Waals surface area contributed by atoms with Gasteiger partial charge in [0, 0.05) is 16.9 Å². The first-order chi connectivity index (χ1) is 6.85. The van der Waals surface area contributed by atoms with Crippen LogP contribution in [0.15, 0.2) is 35.7 Å². The maximum Gasteiger partial charge on any atom is 0.188 e. The summed E-state index contributed by atoms with van der Waals surface area (Å²) in [5.41, 5.74) is 0.300. The zero-order valence-electron chi connectivity index (χ0n) is 8.75. The van der Waals surface area contributed by atoms with Crippen LogP contribution in [0.3, 0.4) is 0 Å². The number of allylic oxidation sites excluding steroid dienone is 4. The molecule has 0 bridgehead atoms. The highest BCUT2D eigenvalue weighted by Crippen LogP contribution is 2.50. The summed E-state index contributed by atoms with van der Waals surface area (Å²) < 4.78 is 13.1. The molecule has 1 saturated carbocycles. The molecule has 0 aromatic rings. The van der Waals surface area contributed by atoms with Gasteiger partial charge >= 0.3 is 0 Å². The van der Waals surface area contributed by atoms with Gasteiger partial charge in [0.25, 0.3) is 0 Å². The zero-order chi connectivity index (χ0) is 11.4. The number of ketones is 1. The maximum atomic E-state index is 13.1. The van der Waals surface area contributed by atoms with Crippen LogP contribution in [0.2, 0.25) is 0 Å². The van der Waals surface area contributed by atoms with Gasteiger partial charge in [-0.25, -0.2) is 4.39 Å². The van der Waals surface area contributed by atoms with E-state index < -0.39 is 17.3 Å². The topological polar surface area (TPSA) is 37.3 Å². The van der Waals surface area contributed by atoms with Gasteiger partial charge in [0.15, 0.2) is 5.78 Å². The van der Waals surface area contributed by atoms with Crippen LogP contribution in [-0.2, 0) is 4.79 Å². The predicted molar refractivity (Wildman–Crippen MR) is 54.7 cm³/mol. The number of hydrogen-bond donors (Lipinski definition) is 1. The first-order valence-corrected chi connectivity index (χ1v) is 4.85. The maximum absolute atomic E-state index is 13.1. The van der Waals surface area contributed by atoms with E-state index in [1.165, 1.54) is 12.2 Å². The summed E-state index contributed by atoms with van der Waals surface area (Å²) in [4.78, 5) is 11.7. The first kappa shape index (κ1) is 10.3. The molecule has 0 amide bonds. The van der Waals surface area contributed by atoms with E-state index in [0.717, 1.165) is 0 Å². The summed E-state index contributed by atoms with van der Waals surface area (Å²) in [6.07, 6.45) is 1.46. The van der Waals surface area contributed by atoms with Gasteiger partial charge in [0.2, 0.25) is 0 Å². The van der Waals surface area contributed by atoms with Crippen molar-refractivity contribution in [2.24, 2.45) is 11.3 Å². The Bertz CT molecular complexity index is 415. The smallest absolute Gasteiger partial charge is 0.188 e. The van der Waals surface area contributed by atoms with Gasteiger partial charge in [0.05, 0.1) is 0 Å². The Morgan fingerprint density at radius 2 is 2.07 bits per heavy atom. The van der Waals surface area contributed by atoms with Gasteiger partial charge in [-0.15, -0.1) is 0 Å². The number of hydrogen-bond acceptors (Lipinski definition) is 2. The van der Waals surface area contributed by atoms with E-state index >= 15 is 0 Å². The van der Waals surface area contributed by atoms with E-state index in [-0.39, 0.29) is 11.7 Å². The summed E-state index contributed by atoms with van der Waals surface area (Å²) in [5.74, 6) is -1.11. The highest BCUT2D eigenvalue weighted by molar-refractivity contribution is 6.04. The normalized spacial score (nSPS) is 33.6. The third-order valence-corrected chi connectivity index (χ3v) is 3.28. The van der Waals surface area contributed by atoms with Crippen LogP contribution < -0.4 is 0 Å². The van der Waals surface area contributed by atoms with Gasteiger partial charge in [-0.1, -0.05) is 20.4 Å². The number of carbonyl (C=O) groups excluding carboxylic acids is 1. The lowest BCUT2D eigenvalue weighted by Gasteiger charge is -2.30. The molecule has 15 heavy (non-hydrogen) atoms. The van der Waals surface area contributed by atoms with Gasteiger partial charge < -0.3 is 5.11 Å². The molecule has 80 valence electrons. The Morgan fingerprint density at radius 3 is 2.67 bits per heavy atom. The third kappa shape index (κ3) is 1.23. The van der Waals surface area contributed by atoms with Gasteiger partial charge in [-0.2, -0.15) is 0 Å². The van der Waals surface area contributed by atoms with E-state index in [1.807, 2.05) is 0 Å². The molecule has 3 heteroatoms. The van der Waals surface area contributed by atoms with Crippen molar-refractivity contribution in [1.29, 1.82) is 0 Å². The van der Waals surface area contributed by atoms with Crippen molar-refractivity contribution in [1.82, 2.24) is 0 Å². The van der Waals surface area contributed by atoms with E-state index in [0.29, 0.717) is 11.1 Å². The van der Waals surface area contributed by atoms with Gasteiger partial charge in [-0.3, -0.25) is 4.79 Å². The van der Waals surface area contributed by atoms with Crippen LogP contribution in [0, 0.1) is 11.3 Å². The summed E-state index contributed by atoms with van der Waals surface area (Å²) in [7, 11) is 0. The fraction of sp³-hybridized carbons (Fsp3) is 0.417. The standard InChI is InChI=1S/C12H13FO2/c1-6-4-7(13)5-8-9(6)12(2,3)11(15)10(8)14/h4-5,9,11,15H,1H2,2-3H3. The fourth-order valence-electron chi connectivity index (χ4n) is 2.48. The Morgan fingerprint density at radius 1 is 1.47 bits per heavy atom. The number of Topliss-reactive ketones (excluding diaryl/α,β-unsaturated/α-hetero) is 1. The van der Waals surface area contributed by atoms with Gasteiger partial charge in [-0.05, 0) is 17.7 Å². The average molecular weight is 208 g/mol. The third-order valence-electron chi connectivity index (χ3n) is 3.28. The Hall–Kier alpha value is -1.22. The number of rotatable bonds is 0. The molecule has 0 aliphatic heterocycles. The number of aliphatic hydroxyl groups excluding tert-OH is 1. The van der Waals surface area contributed by atoms with Crippen LogP contribution in [0.1, 0.15) is 13.8 Å². The molecule has 0 spiro atoms. The van der Waals surface area contributed by atoms with E-state index in [4.69, 9.17) is 0 Å². The minimum Gasteiger partial charge on any atom is -0.384 e. The Labute approximate surface area is 87.8 Å². The SMILES string of the molecule is C=C1C=C(F)C=C2C(=O)C(O)C(C)(C)C12. The second-order valence-corrected chi connectivity index (χ2v) is 4.72. The summed E-state index contributed by atoms with van der Waals surface area (Å²) >= 11 is 0. The van der Waals surface area contributed by atoms with Crippen LogP contribution >= 0.6 is 0 Å². The molecule has 0 radical (unpaired) electrons. The molecule has 1 N–H and O–H groups in total. The van der Waals surface area contributed by atoms with Crippen molar-refractivity contribution in [2.75, 3.05) is 0 Å².